The van der Waals surface area contributed by atoms with Gasteiger partial charge in [0.05, 0.1) is 0 Å². The fraction of sp³-hybridized carbons (Fsp3) is 0.571. The molecule has 2 heteroatoms. The average Bonchev–Trinajstić information content (AvgIpc) is 2.30. The van der Waals surface area contributed by atoms with Crippen molar-refractivity contribution in [2.24, 2.45) is 0 Å². The van der Waals surface area contributed by atoms with Crippen LogP contribution >= 0.6 is 0 Å². The first-order valence-electron chi connectivity index (χ1n) is 6.13. The first-order valence-corrected chi connectivity index (χ1v) is 6.13. The van der Waals surface area contributed by atoms with Crippen LogP contribution in [0.2, 0.25) is 0 Å². The van der Waals surface area contributed by atoms with Crippen LogP contribution in [0.1, 0.15) is 18.9 Å². The zero-order valence-electron chi connectivity index (χ0n) is 10.8. The summed E-state index contributed by atoms with van der Waals surface area (Å²) in [6.45, 7) is 6.75. The summed E-state index contributed by atoms with van der Waals surface area (Å²) in [5.41, 5.74) is 1.40. The summed E-state index contributed by atoms with van der Waals surface area (Å²) in [6.07, 6.45) is 1.24. The summed E-state index contributed by atoms with van der Waals surface area (Å²) in [5, 5.41) is 0. The summed E-state index contributed by atoms with van der Waals surface area (Å²) >= 11 is 0. The Morgan fingerprint density at radius 2 is 1.56 bits per heavy atom. The van der Waals surface area contributed by atoms with Crippen LogP contribution in [0.5, 0.6) is 0 Å². The molecule has 16 heavy (non-hydrogen) atoms. The highest BCUT2D eigenvalue weighted by molar-refractivity contribution is 5.14. The molecule has 0 bridgehead atoms. The van der Waals surface area contributed by atoms with Gasteiger partial charge in [0.15, 0.2) is 0 Å². The molecule has 0 unspecified atom stereocenters. The maximum atomic E-state index is 2.39. The van der Waals surface area contributed by atoms with Gasteiger partial charge in [0, 0.05) is 6.54 Å². The minimum atomic E-state index is 1.05. The summed E-state index contributed by atoms with van der Waals surface area (Å²) in [6, 6.07) is 10.7. The van der Waals surface area contributed by atoms with Crippen molar-refractivity contribution in [3.05, 3.63) is 35.9 Å². The molecule has 0 amide bonds. The molecule has 0 saturated heterocycles. The van der Waals surface area contributed by atoms with Gasteiger partial charge >= 0.3 is 0 Å². The molecule has 0 heterocycles. The van der Waals surface area contributed by atoms with Crippen molar-refractivity contribution in [2.75, 3.05) is 33.7 Å². The Labute approximate surface area is 99.9 Å². The molecule has 0 atom stereocenters. The Morgan fingerprint density at radius 3 is 2.19 bits per heavy atom. The molecule has 0 aliphatic carbocycles. The number of rotatable bonds is 7. The normalized spacial score (nSPS) is 11.3. The number of benzene rings is 1. The van der Waals surface area contributed by atoms with Crippen LogP contribution in [0.15, 0.2) is 30.3 Å². The number of nitrogens with zero attached hydrogens (tertiary/aromatic N) is 2. The van der Waals surface area contributed by atoms with Gasteiger partial charge < -0.3 is 9.80 Å². The Bertz CT molecular complexity index is 271. The number of hydrogen-bond donors (Lipinski definition) is 0. The molecule has 1 rings (SSSR count). The zero-order chi connectivity index (χ0) is 11.8. The Morgan fingerprint density at radius 1 is 0.938 bits per heavy atom. The van der Waals surface area contributed by atoms with Crippen molar-refractivity contribution in [2.45, 2.75) is 19.9 Å². The summed E-state index contributed by atoms with van der Waals surface area (Å²) in [5.74, 6) is 0. The Balaban J connectivity index is 2.19. The summed E-state index contributed by atoms with van der Waals surface area (Å²) in [7, 11) is 4.37. The van der Waals surface area contributed by atoms with Gasteiger partial charge in [0.25, 0.3) is 0 Å². The van der Waals surface area contributed by atoms with E-state index in [-0.39, 0.29) is 0 Å². The van der Waals surface area contributed by atoms with Gasteiger partial charge in [-0.15, -0.1) is 0 Å². The molecule has 0 spiro atoms. The second kappa shape index (κ2) is 7.42. The van der Waals surface area contributed by atoms with Crippen molar-refractivity contribution in [1.82, 2.24) is 9.80 Å². The molecule has 90 valence electrons. The van der Waals surface area contributed by atoms with E-state index in [0.29, 0.717) is 0 Å². The van der Waals surface area contributed by atoms with Crippen LogP contribution in [-0.4, -0.2) is 43.5 Å². The molecule has 0 radical (unpaired) electrons. The lowest BCUT2D eigenvalue weighted by molar-refractivity contribution is 0.280. The lowest BCUT2D eigenvalue weighted by atomic mass is 10.2. The van der Waals surface area contributed by atoms with Crippen molar-refractivity contribution < 1.29 is 0 Å². The lowest BCUT2D eigenvalue weighted by Crippen LogP contribution is -2.25. The van der Waals surface area contributed by atoms with Crippen LogP contribution in [-0.2, 0) is 6.54 Å². The standard InChI is InChI=1S/C14H24N2/c1-4-15(2)11-8-12-16(3)13-14-9-6-5-7-10-14/h5-7,9-10H,4,8,11-13H2,1-3H3. The van der Waals surface area contributed by atoms with Crippen LogP contribution in [0.3, 0.4) is 0 Å². The average molecular weight is 220 g/mol. The van der Waals surface area contributed by atoms with Gasteiger partial charge in [-0.25, -0.2) is 0 Å². The monoisotopic (exact) mass is 220 g/mol. The minimum absolute atomic E-state index is 1.05. The Kier molecular flexibility index (Phi) is 6.12. The predicted octanol–water partition coefficient (Wildman–Crippen LogP) is 2.46. The van der Waals surface area contributed by atoms with Crippen LogP contribution in [0.4, 0.5) is 0 Å². The lowest BCUT2D eigenvalue weighted by Gasteiger charge is -2.19. The number of hydrogen-bond acceptors (Lipinski definition) is 2. The quantitative estimate of drug-likeness (QED) is 0.696. The van der Waals surface area contributed by atoms with Crippen LogP contribution in [0.25, 0.3) is 0 Å². The van der Waals surface area contributed by atoms with Crippen molar-refractivity contribution >= 4 is 0 Å². The van der Waals surface area contributed by atoms with Gasteiger partial charge in [0.1, 0.15) is 0 Å². The van der Waals surface area contributed by atoms with E-state index in [1.54, 1.807) is 0 Å². The molecule has 1 aromatic rings. The van der Waals surface area contributed by atoms with Gasteiger partial charge in [-0.1, -0.05) is 37.3 Å². The molecule has 0 aromatic heterocycles. The Hall–Kier alpha value is -0.860. The molecular weight excluding hydrogens is 196 g/mol. The third-order valence-corrected chi connectivity index (χ3v) is 2.91. The smallest absolute Gasteiger partial charge is 0.0230 e. The van der Waals surface area contributed by atoms with Gasteiger partial charge in [0.2, 0.25) is 0 Å². The van der Waals surface area contributed by atoms with E-state index >= 15 is 0 Å². The SMILES string of the molecule is CCN(C)CCCN(C)Cc1ccccc1. The van der Waals surface area contributed by atoms with Gasteiger partial charge in [-0.3, -0.25) is 0 Å². The van der Waals surface area contributed by atoms with Crippen molar-refractivity contribution in [3.63, 3.8) is 0 Å². The highest BCUT2D eigenvalue weighted by Crippen LogP contribution is 2.02. The van der Waals surface area contributed by atoms with Gasteiger partial charge in [-0.2, -0.15) is 0 Å². The highest BCUT2D eigenvalue weighted by Gasteiger charge is 2.00. The highest BCUT2D eigenvalue weighted by atomic mass is 15.1. The van der Waals surface area contributed by atoms with Gasteiger partial charge in [-0.05, 0) is 45.7 Å². The van der Waals surface area contributed by atoms with E-state index in [1.165, 1.54) is 25.1 Å². The molecule has 0 aliphatic heterocycles. The molecular formula is C14H24N2. The van der Waals surface area contributed by atoms with E-state index in [4.69, 9.17) is 0 Å². The molecule has 0 aliphatic rings. The molecule has 2 nitrogen and oxygen atoms in total. The third-order valence-electron chi connectivity index (χ3n) is 2.91. The first-order chi connectivity index (χ1) is 7.72. The van der Waals surface area contributed by atoms with Crippen molar-refractivity contribution in [1.29, 1.82) is 0 Å². The molecule has 0 fully saturated rings. The molecule has 1 aromatic carbocycles. The van der Waals surface area contributed by atoms with E-state index in [0.717, 1.165) is 13.1 Å². The molecule has 0 saturated carbocycles. The maximum Gasteiger partial charge on any atom is 0.0230 e. The summed E-state index contributed by atoms with van der Waals surface area (Å²) < 4.78 is 0. The van der Waals surface area contributed by atoms with E-state index in [1.807, 2.05) is 0 Å². The predicted molar refractivity (Wildman–Crippen MR) is 70.6 cm³/mol. The fourth-order valence-electron chi connectivity index (χ4n) is 1.74. The van der Waals surface area contributed by atoms with E-state index < -0.39 is 0 Å². The van der Waals surface area contributed by atoms with E-state index in [9.17, 15) is 0 Å². The maximum absolute atomic E-state index is 2.39. The fourth-order valence-corrected chi connectivity index (χ4v) is 1.74. The first kappa shape index (κ1) is 13.2. The zero-order valence-corrected chi connectivity index (χ0v) is 10.8. The second-order valence-corrected chi connectivity index (χ2v) is 4.47. The van der Waals surface area contributed by atoms with Crippen molar-refractivity contribution in [3.8, 4) is 0 Å². The van der Waals surface area contributed by atoms with E-state index in [2.05, 4.69) is 61.2 Å². The third kappa shape index (κ3) is 5.29. The summed E-state index contributed by atoms with van der Waals surface area (Å²) in [4.78, 5) is 4.75. The topological polar surface area (TPSA) is 6.48 Å². The minimum Gasteiger partial charge on any atom is -0.307 e. The van der Waals surface area contributed by atoms with Crippen LogP contribution in [0, 0.1) is 0 Å². The largest absolute Gasteiger partial charge is 0.307 e. The molecule has 0 N–H and O–H groups in total. The second-order valence-electron chi connectivity index (χ2n) is 4.47. The van der Waals surface area contributed by atoms with Crippen LogP contribution < -0.4 is 0 Å².